The summed E-state index contributed by atoms with van der Waals surface area (Å²) < 4.78 is 0. The SMILES string of the molecule is Nc1ccc(SCC(O)c2ccccc2)cc1. The van der Waals surface area contributed by atoms with Crippen LogP contribution in [0.5, 0.6) is 0 Å². The molecule has 0 fully saturated rings. The smallest absolute Gasteiger partial charge is 0.0883 e. The van der Waals surface area contributed by atoms with Crippen LogP contribution in [0.1, 0.15) is 11.7 Å². The van der Waals surface area contributed by atoms with E-state index in [1.807, 2.05) is 54.6 Å². The molecule has 0 aliphatic heterocycles. The molecule has 1 atom stereocenters. The summed E-state index contributed by atoms with van der Waals surface area (Å²) >= 11 is 1.63. The topological polar surface area (TPSA) is 46.2 Å². The Kier molecular flexibility index (Phi) is 4.07. The predicted octanol–water partition coefficient (Wildman–Crippen LogP) is 3.09. The van der Waals surface area contributed by atoms with Crippen LogP contribution in [-0.2, 0) is 0 Å². The summed E-state index contributed by atoms with van der Waals surface area (Å²) in [5, 5.41) is 9.99. The van der Waals surface area contributed by atoms with E-state index in [9.17, 15) is 5.11 Å². The lowest BCUT2D eigenvalue weighted by Gasteiger charge is -2.10. The highest BCUT2D eigenvalue weighted by molar-refractivity contribution is 7.99. The van der Waals surface area contributed by atoms with E-state index in [1.54, 1.807) is 11.8 Å². The van der Waals surface area contributed by atoms with Gasteiger partial charge >= 0.3 is 0 Å². The lowest BCUT2D eigenvalue weighted by atomic mass is 10.1. The van der Waals surface area contributed by atoms with Gasteiger partial charge in [0.1, 0.15) is 0 Å². The van der Waals surface area contributed by atoms with Crippen molar-refractivity contribution >= 4 is 17.4 Å². The third-order valence-corrected chi connectivity index (χ3v) is 3.56. The van der Waals surface area contributed by atoms with Crippen LogP contribution in [0.4, 0.5) is 5.69 Å². The zero-order valence-corrected chi connectivity index (χ0v) is 10.2. The molecule has 0 aliphatic rings. The standard InChI is InChI=1S/C14H15NOS/c15-12-6-8-13(9-7-12)17-10-14(16)11-4-2-1-3-5-11/h1-9,14,16H,10,15H2. The van der Waals surface area contributed by atoms with E-state index in [-0.39, 0.29) is 0 Å². The van der Waals surface area contributed by atoms with Crippen LogP contribution in [0.3, 0.4) is 0 Å². The van der Waals surface area contributed by atoms with Gasteiger partial charge in [-0.05, 0) is 29.8 Å². The average molecular weight is 245 g/mol. The van der Waals surface area contributed by atoms with Crippen molar-refractivity contribution in [2.75, 3.05) is 11.5 Å². The molecule has 2 aromatic carbocycles. The zero-order valence-electron chi connectivity index (χ0n) is 9.41. The molecule has 2 rings (SSSR count). The molecular formula is C14H15NOS. The minimum Gasteiger partial charge on any atom is -0.399 e. The van der Waals surface area contributed by atoms with E-state index in [2.05, 4.69) is 0 Å². The maximum atomic E-state index is 9.99. The van der Waals surface area contributed by atoms with E-state index in [0.717, 1.165) is 16.1 Å². The number of nitrogen functional groups attached to an aromatic ring is 1. The van der Waals surface area contributed by atoms with E-state index < -0.39 is 6.10 Å². The molecule has 0 spiro atoms. The summed E-state index contributed by atoms with van der Waals surface area (Å²) in [7, 11) is 0. The fourth-order valence-electron chi connectivity index (χ4n) is 1.51. The first-order chi connectivity index (χ1) is 8.25. The maximum absolute atomic E-state index is 9.99. The molecule has 0 amide bonds. The highest BCUT2D eigenvalue weighted by atomic mass is 32.2. The number of anilines is 1. The Morgan fingerprint density at radius 3 is 2.29 bits per heavy atom. The molecular weight excluding hydrogens is 230 g/mol. The fraction of sp³-hybridized carbons (Fsp3) is 0.143. The number of aliphatic hydroxyl groups is 1. The first kappa shape index (κ1) is 12.0. The number of nitrogens with two attached hydrogens (primary N) is 1. The summed E-state index contributed by atoms with van der Waals surface area (Å²) in [5.74, 6) is 0.647. The molecule has 0 aromatic heterocycles. The van der Waals surface area contributed by atoms with Gasteiger partial charge in [-0.15, -0.1) is 11.8 Å². The van der Waals surface area contributed by atoms with Crippen LogP contribution in [0.15, 0.2) is 59.5 Å². The number of hydrogen-bond donors (Lipinski definition) is 2. The third-order valence-electron chi connectivity index (χ3n) is 2.47. The van der Waals surface area contributed by atoms with Crippen molar-refractivity contribution in [2.24, 2.45) is 0 Å². The molecule has 1 unspecified atom stereocenters. The van der Waals surface area contributed by atoms with E-state index in [4.69, 9.17) is 5.73 Å². The molecule has 88 valence electrons. The average Bonchev–Trinajstić information content (AvgIpc) is 2.39. The predicted molar refractivity (Wildman–Crippen MR) is 73.0 cm³/mol. The third kappa shape index (κ3) is 3.51. The van der Waals surface area contributed by atoms with Crippen molar-refractivity contribution in [1.82, 2.24) is 0 Å². The number of thioether (sulfide) groups is 1. The monoisotopic (exact) mass is 245 g/mol. The summed E-state index contributed by atoms with van der Waals surface area (Å²) in [6, 6.07) is 17.4. The number of hydrogen-bond acceptors (Lipinski definition) is 3. The van der Waals surface area contributed by atoms with Gasteiger partial charge in [0.2, 0.25) is 0 Å². The van der Waals surface area contributed by atoms with Gasteiger partial charge in [0.25, 0.3) is 0 Å². The highest BCUT2D eigenvalue weighted by Crippen LogP contribution is 2.25. The first-order valence-electron chi connectivity index (χ1n) is 5.47. The Balaban J connectivity index is 1.92. The molecule has 2 aromatic rings. The zero-order chi connectivity index (χ0) is 12.1. The molecule has 3 N–H and O–H groups in total. The van der Waals surface area contributed by atoms with Gasteiger partial charge in [0, 0.05) is 16.3 Å². The summed E-state index contributed by atoms with van der Waals surface area (Å²) in [6.45, 7) is 0. The van der Waals surface area contributed by atoms with Crippen molar-refractivity contribution in [1.29, 1.82) is 0 Å². The van der Waals surface area contributed by atoms with Gasteiger partial charge in [-0.1, -0.05) is 30.3 Å². The van der Waals surface area contributed by atoms with Gasteiger partial charge in [-0.25, -0.2) is 0 Å². The number of benzene rings is 2. The fourth-order valence-corrected chi connectivity index (χ4v) is 2.38. The lowest BCUT2D eigenvalue weighted by Crippen LogP contribution is -1.99. The minimum absolute atomic E-state index is 0.432. The van der Waals surface area contributed by atoms with Gasteiger partial charge in [-0.2, -0.15) is 0 Å². The lowest BCUT2D eigenvalue weighted by molar-refractivity contribution is 0.204. The second-order valence-corrected chi connectivity index (χ2v) is 4.90. The second kappa shape index (κ2) is 5.75. The Hall–Kier alpha value is -1.45. The second-order valence-electron chi connectivity index (χ2n) is 3.81. The van der Waals surface area contributed by atoms with Crippen LogP contribution in [0, 0.1) is 0 Å². The quantitative estimate of drug-likeness (QED) is 0.642. The largest absolute Gasteiger partial charge is 0.399 e. The van der Waals surface area contributed by atoms with Gasteiger partial charge in [0.05, 0.1) is 6.10 Å². The van der Waals surface area contributed by atoms with Crippen molar-refractivity contribution in [2.45, 2.75) is 11.0 Å². The summed E-state index contributed by atoms with van der Waals surface area (Å²) in [5.41, 5.74) is 7.33. The Morgan fingerprint density at radius 1 is 1.00 bits per heavy atom. The molecule has 0 saturated carbocycles. The Labute approximate surface area is 105 Å². The molecule has 0 saturated heterocycles. The van der Waals surface area contributed by atoms with Crippen molar-refractivity contribution in [3.05, 3.63) is 60.2 Å². The molecule has 0 bridgehead atoms. The van der Waals surface area contributed by atoms with Crippen LogP contribution in [0.25, 0.3) is 0 Å². The maximum Gasteiger partial charge on any atom is 0.0883 e. The van der Waals surface area contributed by atoms with Crippen LogP contribution < -0.4 is 5.73 Å². The minimum atomic E-state index is -0.432. The Bertz CT molecular complexity index is 455. The van der Waals surface area contributed by atoms with E-state index >= 15 is 0 Å². The summed E-state index contributed by atoms with van der Waals surface area (Å²) in [4.78, 5) is 1.12. The van der Waals surface area contributed by atoms with Crippen LogP contribution in [0.2, 0.25) is 0 Å². The van der Waals surface area contributed by atoms with Crippen molar-refractivity contribution < 1.29 is 5.11 Å². The molecule has 17 heavy (non-hydrogen) atoms. The number of rotatable bonds is 4. The van der Waals surface area contributed by atoms with Gasteiger partial charge in [-0.3, -0.25) is 0 Å². The van der Waals surface area contributed by atoms with Gasteiger partial charge in [0.15, 0.2) is 0 Å². The van der Waals surface area contributed by atoms with Crippen LogP contribution >= 0.6 is 11.8 Å². The molecule has 0 heterocycles. The van der Waals surface area contributed by atoms with Gasteiger partial charge < -0.3 is 10.8 Å². The molecule has 0 radical (unpaired) electrons. The normalized spacial score (nSPS) is 12.3. The van der Waals surface area contributed by atoms with Crippen LogP contribution in [-0.4, -0.2) is 10.9 Å². The molecule has 0 aliphatic carbocycles. The molecule has 3 heteroatoms. The van der Waals surface area contributed by atoms with Crippen molar-refractivity contribution in [3.63, 3.8) is 0 Å². The first-order valence-corrected chi connectivity index (χ1v) is 6.45. The van der Waals surface area contributed by atoms with E-state index in [1.165, 1.54) is 0 Å². The van der Waals surface area contributed by atoms with E-state index in [0.29, 0.717) is 5.75 Å². The molecule has 2 nitrogen and oxygen atoms in total. The number of aliphatic hydroxyl groups excluding tert-OH is 1. The summed E-state index contributed by atoms with van der Waals surface area (Å²) in [6.07, 6.45) is -0.432. The highest BCUT2D eigenvalue weighted by Gasteiger charge is 2.07. The van der Waals surface area contributed by atoms with Crippen molar-refractivity contribution in [3.8, 4) is 0 Å². The Morgan fingerprint density at radius 2 is 1.65 bits per heavy atom.